The SMILES string of the molecule is Cc1ccc(-c2nc(C(c3c[nH]c4ccccc34)c3c[nH]c4ccc([N+](=O)[O-])cc34)cc3c2[nH]c2ccccc23)cc1. The second kappa shape index (κ2) is 9.17. The predicted octanol–water partition coefficient (Wildman–Crippen LogP) is 8.74. The number of non-ortho nitro benzene ring substituents is 1. The van der Waals surface area contributed by atoms with E-state index in [0.717, 1.165) is 71.7 Å². The number of aromatic nitrogens is 4. The molecule has 8 aromatic rings. The van der Waals surface area contributed by atoms with Crippen LogP contribution in [-0.2, 0) is 0 Å². The van der Waals surface area contributed by atoms with E-state index in [1.165, 1.54) is 11.6 Å². The van der Waals surface area contributed by atoms with Gasteiger partial charge >= 0.3 is 0 Å². The second-order valence-corrected chi connectivity index (χ2v) is 10.8. The lowest BCUT2D eigenvalue weighted by Crippen LogP contribution is -2.06. The molecular formula is C35H25N5O2. The van der Waals surface area contributed by atoms with Gasteiger partial charge < -0.3 is 15.0 Å². The lowest BCUT2D eigenvalue weighted by Gasteiger charge is -2.18. The molecule has 0 aliphatic rings. The highest BCUT2D eigenvalue weighted by molar-refractivity contribution is 6.11. The molecule has 42 heavy (non-hydrogen) atoms. The number of aryl methyl sites for hydroxylation is 1. The Morgan fingerprint density at radius 1 is 0.714 bits per heavy atom. The highest BCUT2D eigenvalue weighted by Gasteiger charge is 2.27. The fourth-order valence-electron chi connectivity index (χ4n) is 6.24. The van der Waals surface area contributed by atoms with E-state index in [1.807, 2.05) is 30.6 Å². The molecular weight excluding hydrogens is 522 g/mol. The van der Waals surface area contributed by atoms with E-state index >= 15 is 0 Å². The monoisotopic (exact) mass is 547 g/mol. The second-order valence-electron chi connectivity index (χ2n) is 10.8. The van der Waals surface area contributed by atoms with Crippen molar-refractivity contribution < 1.29 is 4.92 Å². The highest BCUT2D eigenvalue weighted by atomic mass is 16.6. The Balaban J connectivity index is 1.48. The van der Waals surface area contributed by atoms with Gasteiger partial charge in [0.25, 0.3) is 5.69 Å². The van der Waals surface area contributed by atoms with Crippen LogP contribution in [0.25, 0.3) is 54.9 Å². The van der Waals surface area contributed by atoms with Crippen molar-refractivity contribution in [3.8, 4) is 11.3 Å². The van der Waals surface area contributed by atoms with Crippen LogP contribution in [0.5, 0.6) is 0 Å². The number of pyridine rings is 1. The number of hydrogen-bond donors (Lipinski definition) is 3. The third-order valence-electron chi connectivity index (χ3n) is 8.29. The number of fused-ring (bicyclic) bond motifs is 5. The molecule has 0 spiro atoms. The van der Waals surface area contributed by atoms with Crippen LogP contribution in [0.2, 0.25) is 0 Å². The van der Waals surface area contributed by atoms with Crippen molar-refractivity contribution in [2.45, 2.75) is 12.8 Å². The first kappa shape index (κ1) is 24.1. The van der Waals surface area contributed by atoms with Crippen molar-refractivity contribution in [1.29, 1.82) is 0 Å². The van der Waals surface area contributed by atoms with Crippen molar-refractivity contribution in [3.63, 3.8) is 0 Å². The summed E-state index contributed by atoms with van der Waals surface area (Å²) >= 11 is 0. The summed E-state index contributed by atoms with van der Waals surface area (Å²) in [5, 5.41) is 15.9. The molecule has 0 aliphatic carbocycles. The minimum absolute atomic E-state index is 0.0569. The molecule has 0 fully saturated rings. The molecule has 0 radical (unpaired) electrons. The van der Waals surface area contributed by atoms with Gasteiger partial charge in [0.15, 0.2) is 0 Å². The van der Waals surface area contributed by atoms with Crippen LogP contribution in [0.4, 0.5) is 5.69 Å². The van der Waals surface area contributed by atoms with E-state index in [9.17, 15) is 10.1 Å². The quantitative estimate of drug-likeness (QED) is 0.148. The molecule has 0 saturated carbocycles. The summed E-state index contributed by atoms with van der Waals surface area (Å²) in [6.45, 7) is 2.08. The standard InChI is InChI=1S/C35H25N5O2/c1-20-10-12-21(13-11-20)34-35-26(23-6-3-5-9-31(23)38-35)17-32(39-34)33(27-18-36-29-8-4-2-7-24(27)29)28-19-37-30-15-14-22(40(41)42)16-25(28)30/h2-19,33,36-38H,1H3. The van der Waals surface area contributed by atoms with Crippen LogP contribution < -0.4 is 0 Å². The number of nitro groups is 1. The molecule has 0 saturated heterocycles. The molecule has 4 aromatic heterocycles. The first-order chi connectivity index (χ1) is 20.5. The van der Waals surface area contributed by atoms with E-state index in [4.69, 9.17) is 4.98 Å². The minimum atomic E-state index is -0.345. The van der Waals surface area contributed by atoms with Gasteiger partial charge in [-0.25, -0.2) is 4.98 Å². The number of H-pyrrole nitrogens is 3. The van der Waals surface area contributed by atoms with Crippen LogP contribution in [0, 0.1) is 17.0 Å². The Morgan fingerprint density at radius 2 is 1.38 bits per heavy atom. The van der Waals surface area contributed by atoms with Gasteiger partial charge in [-0.1, -0.05) is 66.2 Å². The maximum Gasteiger partial charge on any atom is 0.270 e. The highest BCUT2D eigenvalue weighted by Crippen LogP contribution is 2.42. The third kappa shape index (κ3) is 3.71. The van der Waals surface area contributed by atoms with Crippen molar-refractivity contribution in [1.82, 2.24) is 19.9 Å². The Kier molecular flexibility index (Phi) is 5.27. The van der Waals surface area contributed by atoms with Gasteiger partial charge in [0.05, 0.1) is 27.7 Å². The minimum Gasteiger partial charge on any atom is -0.361 e. The van der Waals surface area contributed by atoms with E-state index in [1.54, 1.807) is 12.1 Å². The molecule has 202 valence electrons. The van der Waals surface area contributed by atoms with Crippen molar-refractivity contribution in [3.05, 3.63) is 142 Å². The summed E-state index contributed by atoms with van der Waals surface area (Å²) in [5.74, 6) is -0.306. The van der Waals surface area contributed by atoms with Gasteiger partial charge in [0.1, 0.15) is 0 Å². The van der Waals surface area contributed by atoms with Crippen LogP contribution >= 0.6 is 0 Å². The maximum absolute atomic E-state index is 11.8. The number of nitrogens with zero attached hydrogens (tertiary/aromatic N) is 2. The summed E-state index contributed by atoms with van der Waals surface area (Å²) in [6.07, 6.45) is 4.01. The van der Waals surface area contributed by atoms with Gasteiger partial charge in [0, 0.05) is 68.2 Å². The molecule has 1 unspecified atom stereocenters. The van der Waals surface area contributed by atoms with Crippen LogP contribution in [-0.4, -0.2) is 24.9 Å². The molecule has 1 atom stereocenters. The number of nitrogens with one attached hydrogen (secondary N) is 3. The maximum atomic E-state index is 11.8. The Labute approximate surface area is 240 Å². The summed E-state index contributed by atoms with van der Waals surface area (Å²) < 4.78 is 0. The van der Waals surface area contributed by atoms with Gasteiger partial charge in [-0.15, -0.1) is 0 Å². The average Bonchev–Trinajstić information content (AvgIpc) is 3.73. The molecule has 4 aromatic carbocycles. The molecule has 3 N–H and O–H groups in total. The lowest BCUT2D eigenvalue weighted by molar-refractivity contribution is -0.384. The Bertz CT molecular complexity index is 2310. The van der Waals surface area contributed by atoms with Gasteiger partial charge in [-0.05, 0) is 42.3 Å². The fraction of sp³-hybridized carbons (Fsp3) is 0.0571. The first-order valence-electron chi connectivity index (χ1n) is 13.8. The number of aromatic amines is 3. The summed E-state index contributed by atoms with van der Waals surface area (Å²) in [7, 11) is 0. The molecule has 0 bridgehead atoms. The number of rotatable bonds is 5. The van der Waals surface area contributed by atoms with E-state index in [0.29, 0.717) is 0 Å². The molecule has 4 heterocycles. The first-order valence-corrected chi connectivity index (χ1v) is 13.8. The van der Waals surface area contributed by atoms with E-state index < -0.39 is 0 Å². The fourth-order valence-corrected chi connectivity index (χ4v) is 6.24. The van der Waals surface area contributed by atoms with Crippen LogP contribution in [0.3, 0.4) is 0 Å². The molecule has 0 amide bonds. The van der Waals surface area contributed by atoms with Gasteiger partial charge in [-0.3, -0.25) is 10.1 Å². The number of hydrogen-bond acceptors (Lipinski definition) is 3. The molecule has 0 aliphatic heterocycles. The zero-order chi connectivity index (χ0) is 28.4. The molecule has 7 nitrogen and oxygen atoms in total. The summed E-state index contributed by atoms with van der Waals surface area (Å²) in [4.78, 5) is 27.2. The zero-order valence-corrected chi connectivity index (χ0v) is 22.7. The zero-order valence-electron chi connectivity index (χ0n) is 22.7. The van der Waals surface area contributed by atoms with Crippen molar-refractivity contribution >= 4 is 49.3 Å². The number of nitro benzene ring substituents is 1. The van der Waals surface area contributed by atoms with Gasteiger partial charge in [0.2, 0.25) is 0 Å². The topological polar surface area (TPSA) is 103 Å². The van der Waals surface area contributed by atoms with Gasteiger partial charge in [-0.2, -0.15) is 0 Å². The Hall–Kier alpha value is -5.69. The summed E-state index contributed by atoms with van der Waals surface area (Å²) in [5.41, 5.74) is 9.87. The van der Waals surface area contributed by atoms with Crippen LogP contribution in [0.15, 0.2) is 109 Å². The van der Waals surface area contributed by atoms with E-state index in [2.05, 4.69) is 82.5 Å². The van der Waals surface area contributed by atoms with Crippen molar-refractivity contribution in [2.75, 3.05) is 0 Å². The summed E-state index contributed by atoms with van der Waals surface area (Å²) in [6, 6.07) is 32.1. The number of benzene rings is 4. The van der Waals surface area contributed by atoms with E-state index in [-0.39, 0.29) is 16.5 Å². The molecule has 8 rings (SSSR count). The third-order valence-corrected chi connectivity index (χ3v) is 8.29. The Morgan fingerprint density at radius 3 is 2.14 bits per heavy atom. The lowest BCUT2D eigenvalue weighted by atomic mass is 9.86. The average molecular weight is 548 g/mol. The predicted molar refractivity (Wildman–Crippen MR) is 168 cm³/mol. The molecule has 7 heteroatoms. The normalized spacial score (nSPS) is 12.5. The number of para-hydroxylation sites is 2. The van der Waals surface area contributed by atoms with Crippen molar-refractivity contribution in [2.24, 2.45) is 0 Å². The van der Waals surface area contributed by atoms with Crippen LogP contribution in [0.1, 0.15) is 28.3 Å². The smallest absolute Gasteiger partial charge is 0.270 e. The largest absolute Gasteiger partial charge is 0.361 e.